The minimum absolute atomic E-state index is 0.0344. The highest BCUT2D eigenvalue weighted by molar-refractivity contribution is 8.00. The summed E-state index contributed by atoms with van der Waals surface area (Å²) in [6, 6.07) is 13.1. The molecule has 0 bridgehead atoms. The van der Waals surface area contributed by atoms with Crippen LogP contribution < -0.4 is 21.3 Å². The standard InChI is InChI=1S/C55H87N13O15S.4CH2O/c69-36-60-13-15-62(38-71)21-23-67(33-52(79)80)44(27-65(19-17-60)31-50(75)76)25-40-4-8-42(9-5-40)56-48(73)29-64(12-2-1-3-47-54-46(35-84-47)58-55(83)59-54)30-49(74)57-43-10-6-41(7-11-43)26-45-28-66(32-51(77)78)20-18-61(37-70)14-16-63(39-72)22-24-68(45)34-53(81)82;4*1-2/h4-11,44-47,54,69-72H,1-3,12-39H2,(H,56,73)(H,57,74)(H,75,76)(H,77,78)(H,79,80)(H,81,82)(H2,58,59,83);4*1H2. The summed E-state index contributed by atoms with van der Waals surface area (Å²) in [5, 5.41) is 91.9. The van der Waals surface area contributed by atoms with Gasteiger partial charge < -0.3 is 81.3 Å². The summed E-state index contributed by atoms with van der Waals surface area (Å²) in [5.74, 6) is -4.16. The Kier molecular flexibility index (Phi) is 40.7. The molecule has 5 atom stereocenters. The Morgan fingerprint density at radius 2 is 0.837 bits per heavy atom. The van der Waals surface area contributed by atoms with Gasteiger partial charge in [-0.25, -0.2) is 4.79 Å². The van der Waals surface area contributed by atoms with Crippen LogP contribution >= 0.6 is 11.8 Å². The van der Waals surface area contributed by atoms with Crippen molar-refractivity contribution >= 4 is 92.0 Å². The van der Waals surface area contributed by atoms with Crippen molar-refractivity contribution < 1.29 is 93.6 Å². The summed E-state index contributed by atoms with van der Waals surface area (Å²) >= 11 is 1.81. The van der Waals surface area contributed by atoms with Gasteiger partial charge in [0.15, 0.2) is 0 Å². The van der Waals surface area contributed by atoms with E-state index in [1.165, 1.54) is 0 Å². The van der Waals surface area contributed by atoms with Gasteiger partial charge in [0.05, 0.1) is 78.3 Å². The average Bonchev–Trinajstić information content (AvgIpc) is 1.67. The lowest BCUT2D eigenvalue weighted by molar-refractivity contribution is -0.141. The maximum absolute atomic E-state index is 13.9. The molecule has 4 aliphatic rings. The highest BCUT2D eigenvalue weighted by Gasteiger charge is 2.42. The fraction of sp³-hybridized carbons (Fsp3) is 0.610. The van der Waals surface area contributed by atoms with E-state index < -0.39 is 36.0 Å². The summed E-state index contributed by atoms with van der Waals surface area (Å²) in [4.78, 5) is 136. The Balaban J connectivity index is 0.00000346. The molecule has 92 heavy (non-hydrogen) atoms. The number of urea groups is 1. The SMILES string of the molecule is C=O.C=O.C=O.C=O.O=C(O)CN1CCN(CO)CCN(CO)CCN(CC(=O)O)C(Cc2ccc(NC(=O)CN(CCCCC3SCC4NC(=O)NC43)CC(=O)Nc3ccc(CC4CN(CC(=O)O)CCN(CO)CCN(CO)CCN4CC(=O)O)cc3)cc2)C1. The number of aliphatic carboxylic acids is 4. The quantitative estimate of drug-likeness (QED) is 0.0306. The van der Waals surface area contributed by atoms with E-state index in [4.69, 9.17) is 19.2 Å². The Morgan fingerprint density at radius 1 is 0.489 bits per heavy atom. The van der Waals surface area contributed by atoms with E-state index in [1.807, 2.05) is 51.4 Å². The van der Waals surface area contributed by atoms with E-state index in [-0.39, 0.29) is 141 Å². The molecule has 33 heteroatoms. The lowest BCUT2D eigenvalue weighted by Gasteiger charge is -2.37. The lowest BCUT2D eigenvalue weighted by atomic mass is 10.0. The third-order valence-electron chi connectivity index (χ3n) is 15.8. The number of rotatable bonds is 27. The molecule has 32 nitrogen and oxygen atoms in total. The number of amides is 4. The second kappa shape index (κ2) is 46.2. The molecule has 0 aliphatic carbocycles. The number of nitrogens with zero attached hydrogens (tertiary/aromatic N) is 9. The monoisotopic (exact) mass is 1320 g/mol. The Morgan fingerprint density at radius 3 is 1.18 bits per heavy atom. The van der Waals surface area contributed by atoms with Crippen LogP contribution in [0.3, 0.4) is 0 Å². The fourth-order valence-electron chi connectivity index (χ4n) is 11.2. The van der Waals surface area contributed by atoms with Gasteiger partial charge in [-0.3, -0.25) is 72.9 Å². The highest BCUT2D eigenvalue weighted by Crippen LogP contribution is 2.33. The molecule has 2 aromatic rings. The molecule has 2 aromatic carbocycles. The van der Waals surface area contributed by atoms with Crippen LogP contribution in [0, 0.1) is 0 Å². The fourth-order valence-corrected chi connectivity index (χ4v) is 12.8. The van der Waals surface area contributed by atoms with Crippen molar-refractivity contribution in [2.45, 2.75) is 61.5 Å². The maximum atomic E-state index is 13.9. The summed E-state index contributed by atoms with van der Waals surface area (Å²) < 4.78 is 0. The van der Waals surface area contributed by atoms with Crippen molar-refractivity contribution in [1.29, 1.82) is 0 Å². The minimum Gasteiger partial charge on any atom is -0.480 e. The molecule has 4 fully saturated rings. The van der Waals surface area contributed by atoms with Crippen LogP contribution in [-0.2, 0) is 60.8 Å². The van der Waals surface area contributed by atoms with Gasteiger partial charge in [0.2, 0.25) is 11.8 Å². The normalized spacial score (nSPS) is 21.2. The van der Waals surface area contributed by atoms with Gasteiger partial charge in [0.25, 0.3) is 0 Å². The Bertz CT molecular complexity index is 2360. The summed E-state index contributed by atoms with van der Waals surface area (Å²) in [6.07, 6.45) is 2.91. The van der Waals surface area contributed by atoms with E-state index in [1.54, 1.807) is 80.1 Å². The van der Waals surface area contributed by atoms with E-state index in [0.29, 0.717) is 89.5 Å². The summed E-state index contributed by atoms with van der Waals surface area (Å²) in [7, 11) is 0. The molecule has 12 N–H and O–H groups in total. The number of hydrogen-bond acceptors (Lipinski definition) is 25. The second-order valence-corrected chi connectivity index (χ2v) is 23.3. The van der Waals surface area contributed by atoms with Crippen molar-refractivity contribution in [3.63, 3.8) is 0 Å². The van der Waals surface area contributed by atoms with Gasteiger partial charge in [0.1, 0.15) is 27.2 Å². The molecule has 0 radical (unpaired) electrons. The van der Waals surface area contributed by atoms with Crippen molar-refractivity contribution in [3.8, 4) is 0 Å². The zero-order chi connectivity index (χ0) is 68.5. The first-order chi connectivity index (χ1) is 44.4. The molecular formula is C59H95N13O19S. The van der Waals surface area contributed by atoms with Crippen molar-refractivity contribution in [1.82, 2.24) is 54.7 Å². The van der Waals surface area contributed by atoms with Crippen molar-refractivity contribution in [2.75, 3.05) is 181 Å². The van der Waals surface area contributed by atoms with Crippen molar-refractivity contribution in [3.05, 3.63) is 59.7 Å². The average molecular weight is 1320 g/mol. The number of benzene rings is 2. The van der Waals surface area contributed by atoms with E-state index >= 15 is 0 Å². The molecule has 6 rings (SSSR count). The first-order valence-corrected chi connectivity index (χ1v) is 30.9. The van der Waals surface area contributed by atoms with Gasteiger partial charge in [-0.2, -0.15) is 11.8 Å². The van der Waals surface area contributed by atoms with E-state index in [9.17, 15) is 74.4 Å². The van der Waals surface area contributed by atoms with Gasteiger partial charge in [-0.05, 0) is 67.6 Å². The first kappa shape index (κ1) is 81.1. The summed E-state index contributed by atoms with van der Waals surface area (Å²) in [6.45, 7) is 10.3. The van der Waals surface area contributed by atoms with Crippen molar-refractivity contribution in [2.24, 2.45) is 0 Å². The van der Waals surface area contributed by atoms with Crippen LogP contribution in [0.25, 0.3) is 0 Å². The number of nitrogens with one attached hydrogen (secondary N) is 4. The largest absolute Gasteiger partial charge is 0.480 e. The van der Waals surface area contributed by atoms with Gasteiger partial charge in [-0.1, -0.05) is 30.7 Å². The smallest absolute Gasteiger partial charge is 0.317 e. The van der Waals surface area contributed by atoms with Crippen LogP contribution in [0.4, 0.5) is 16.2 Å². The summed E-state index contributed by atoms with van der Waals surface area (Å²) in [5.41, 5.74) is 2.54. The number of fused-ring (bicyclic) bond motifs is 1. The number of thioether (sulfide) groups is 1. The highest BCUT2D eigenvalue weighted by atomic mass is 32.2. The number of carboxylic acids is 4. The molecule has 5 unspecified atom stereocenters. The predicted octanol–water partition coefficient (Wildman–Crippen LogP) is -3.44. The third-order valence-corrected chi connectivity index (χ3v) is 17.3. The minimum atomic E-state index is -1.06. The van der Waals surface area contributed by atoms with Crippen LogP contribution in [0.1, 0.15) is 30.4 Å². The Labute approximate surface area is 540 Å². The molecule has 0 saturated carbocycles. The zero-order valence-electron chi connectivity index (χ0n) is 52.3. The first-order valence-electron chi connectivity index (χ1n) is 29.9. The van der Waals surface area contributed by atoms with E-state index in [0.717, 1.165) is 29.7 Å². The second-order valence-electron chi connectivity index (χ2n) is 22.1. The number of carboxylic acid groups (broad SMARTS) is 4. The number of carbonyl (C=O) groups excluding carboxylic acids is 7. The maximum Gasteiger partial charge on any atom is 0.317 e. The molecule has 4 aliphatic heterocycles. The predicted molar refractivity (Wildman–Crippen MR) is 341 cm³/mol. The third kappa shape index (κ3) is 30.6. The number of hydrogen-bond donors (Lipinski definition) is 12. The molecule has 4 saturated heterocycles. The van der Waals surface area contributed by atoms with Crippen LogP contribution in [0.5, 0.6) is 0 Å². The molecule has 0 aromatic heterocycles. The number of anilines is 2. The van der Waals surface area contributed by atoms with Crippen LogP contribution in [-0.4, -0.2) is 353 Å². The Hall–Kier alpha value is -6.96. The molecular weight excluding hydrogens is 1230 g/mol. The lowest BCUT2D eigenvalue weighted by Crippen LogP contribution is -2.53. The topological polar surface area (TPSA) is 427 Å². The molecule has 516 valence electrons. The number of aliphatic hydroxyl groups is 4. The molecule has 4 amide bonds. The van der Waals surface area contributed by atoms with Gasteiger partial charge in [0, 0.05) is 126 Å². The van der Waals surface area contributed by atoms with Gasteiger partial charge in [-0.15, -0.1) is 0 Å². The number of carbonyl (C=O) groups is 11. The number of unbranched alkanes of at least 4 members (excludes halogenated alkanes) is 1. The zero-order valence-corrected chi connectivity index (χ0v) is 53.1. The van der Waals surface area contributed by atoms with Gasteiger partial charge >= 0.3 is 29.9 Å². The van der Waals surface area contributed by atoms with Crippen LogP contribution in [0.2, 0.25) is 0 Å². The van der Waals surface area contributed by atoms with E-state index in [2.05, 4.69) is 21.3 Å². The van der Waals surface area contributed by atoms with Crippen LogP contribution in [0.15, 0.2) is 48.5 Å². The number of aliphatic hydroxyl groups excluding tert-OH is 4. The molecule has 4 heterocycles. The molecule has 0 spiro atoms.